The molecule has 192 valence electrons. The number of halogens is 3. The Morgan fingerprint density at radius 1 is 1.22 bits per heavy atom. The van der Waals surface area contributed by atoms with E-state index in [1.165, 1.54) is 25.4 Å². The minimum Gasteiger partial charge on any atom is -0.369 e. The van der Waals surface area contributed by atoms with Gasteiger partial charge in [-0.05, 0) is 19.8 Å². The van der Waals surface area contributed by atoms with E-state index >= 15 is 0 Å². The maximum atomic E-state index is 14.5. The van der Waals surface area contributed by atoms with E-state index in [2.05, 4.69) is 0 Å². The summed E-state index contributed by atoms with van der Waals surface area (Å²) in [5.74, 6) is -5.49. The number of fused-ring (bicyclic) bond motifs is 5. The normalized spacial score (nSPS) is 29.9. The molecule has 0 saturated carbocycles. The van der Waals surface area contributed by atoms with E-state index in [0.29, 0.717) is 18.6 Å². The lowest BCUT2D eigenvalue weighted by atomic mass is 9.76. The van der Waals surface area contributed by atoms with E-state index in [1.54, 1.807) is 9.47 Å². The lowest BCUT2D eigenvalue weighted by Crippen LogP contribution is -2.56. The summed E-state index contributed by atoms with van der Waals surface area (Å²) in [6, 6.07) is 2.74. The molecule has 5 rings (SSSR count). The second kappa shape index (κ2) is 8.71. The van der Waals surface area contributed by atoms with Gasteiger partial charge in [0.05, 0.1) is 12.6 Å². The summed E-state index contributed by atoms with van der Waals surface area (Å²) in [6.45, 7) is 1.51. The lowest BCUT2D eigenvalue weighted by molar-refractivity contribution is -0.253. The highest BCUT2D eigenvalue weighted by Gasteiger charge is 2.64. The minimum absolute atomic E-state index is 0.140. The summed E-state index contributed by atoms with van der Waals surface area (Å²) in [4.78, 5) is 46.2. The molecule has 5 atom stereocenters. The average molecular weight is 506 g/mol. The number of methoxy groups -OCH3 is 1. The maximum absolute atomic E-state index is 14.5. The summed E-state index contributed by atoms with van der Waals surface area (Å²) >= 11 is 0. The largest absolute Gasteiger partial charge is 0.369 e. The predicted molar refractivity (Wildman–Crippen MR) is 119 cm³/mol. The van der Waals surface area contributed by atoms with Crippen molar-refractivity contribution in [3.63, 3.8) is 0 Å². The minimum atomic E-state index is -1.37. The van der Waals surface area contributed by atoms with Crippen molar-refractivity contribution in [2.24, 2.45) is 11.7 Å². The Kier molecular flexibility index (Phi) is 5.92. The van der Waals surface area contributed by atoms with Crippen molar-refractivity contribution >= 4 is 11.8 Å². The predicted octanol–water partition coefficient (Wildman–Crippen LogP) is 1.71. The Balaban J connectivity index is 1.65. The second-order valence-corrected chi connectivity index (χ2v) is 9.49. The fourth-order valence-corrected chi connectivity index (χ4v) is 5.81. The van der Waals surface area contributed by atoms with Crippen molar-refractivity contribution < 1.29 is 32.3 Å². The molecular formula is C24H25F3N4O5. The van der Waals surface area contributed by atoms with Gasteiger partial charge in [-0.2, -0.15) is 5.06 Å². The highest BCUT2D eigenvalue weighted by atomic mass is 19.1. The quantitative estimate of drug-likeness (QED) is 0.677. The van der Waals surface area contributed by atoms with Gasteiger partial charge in [0.2, 0.25) is 5.91 Å². The summed E-state index contributed by atoms with van der Waals surface area (Å²) in [5.41, 5.74) is 3.82. The number of hydrogen-bond donors (Lipinski definition) is 1. The van der Waals surface area contributed by atoms with Gasteiger partial charge in [0.1, 0.15) is 40.9 Å². The number of rotatable bonds is 4. The number of hydroxylamine groups is 2. The molecule has 3 aliphatic rings. The van der Waals surface area contributed by atoms with Crippen molar-refractivity contribution in [2.75, 3.05) is 13.7 Å². The first-order chi connectivity index (χ1) is 17.1. The van der Waals surface area contributed by atoms with Gasteiger partial charge in [-0.25, -0.2) is 13.2 Å². The monoisotopic (exact) mass is 506 g/mol. The van der Waals surface area contributed by atoms with Crippen LogP contribution in [0.15, 0.2) is 35.3 Å². The molecular weight excluding hydrogens is 481 g/mol. The molecule has 2 bridgehead atoms. The molecule has 1 spiro atoms. The summed E-state index contributed by atoms with van der Waals surface area (Å²) < 4.78 is 49.7. The first kappa shape index (κ1) is 24.5. The molecule has 2 amide bonds. The van der Waals surface area contributed by atoms with Crippen molar-refractivity contribution in [1.29, 1.82) is 0 Å². The van der Waals surface area contributed by atoms with Gasteiger partial charge in [-0.3, -0.25) is 19.2 Å². The lowest BCUT2D eigenvalue weighted by Gasteiger charge is -2.43. The second-order valence-electron chi connectivity index (χ2n) is 9.49. The van der Waals surface area contributed by atoms with E-state index in [4.69, 9.17) is 15.3 Å². The number of carbonyl (C=O) groups excluding carboxylic acids is 2. The van der Waals surface area contributed by atoms with Crippen molar-refractivity contribution in [3.05, 3.63) is 69.4 Å². The maximum Gasteiger partial charge on any atom is 0.270 e. The highest BCUT2D eigenvalue weighted by molar-refractivity contribution is 5.93. The molecule has 1 aromatic heterocycles. The van der Waals surface area contributed by atoms with Gasteiger partial charge in [-0.1, -0.05) is 0 Å². The molecule has 2 N–H and O–H groups in total. The van der Waals surface area contributed by atoms with E-state index in [0.717, 1.165) is 5.06 Å². The van der Waals surface area contributed by atoms with Crippen LogP contribution in [-0.4, -0.2) is 57.9 Å². The van der Waals surface area contributed by atoms with Gasteiger partial charge >= 0.3 is 0 Å². The van der Waals surface area contributed by atoms with Crippen LogP contribution in [-0.2, 0) is 20.9 Å². The third kappa shape index (κ3) is 3.62. The zero-order valence-corrected chi connectivity index (χ0v) is 19.6. The van der Waals surface area contributed by atoms with Crippen molar-refractivity contribution in [3.8, 4) is 0 Å². The zero-order valence-electron chi connectivity index (χ0n) is 19.6. The van der Waals surface area contributed by atoms with Crippen LogP contribution in [0.3, 0.4) is 0 Å². The number of benzene rings is 1. The molecule has 3 aliphatic heterocycles. The van der Waals surface area contributed by atoms with Crippen LogP contribution in [0.2, 0.25) is 0 Å². The first-order valence-electron chi connectivity index (χ1n) is 11.5. The fourth-order valence-electron chi connectivity index (χ4n) is 5.81. The number of aromatic nitrogens is 1. The van der Waals surface area contributed by atoms with Crippen LogP contribution >= 0.6 is 0 Å². The summed E-state index contributed by atoms with van der Waals surface area (Å²) in [6.07, 6.45) is 1.02. The van der Waals surface area contributed by atoms with Crippen molar-refractivity contribution in [2.45, 2.75) is 50.2 Å². The van der Waals surface area contributed by atoms with E-state index in [-0.39, 0.29) is 36.0 Å². The standard InChI is InChI=1S/C24H25F3N4O5/c1-12-3-5-24(19-11-30(12)22(34)18-9-14(32)4-6-29(18)19)20(21(28)33)23(35-2)31(36-24)10-15-16(26)7-13(25)8-17(15)27/h4,6-9,12,19-20,23H,3,5,10-11H2,1-2H3,(H2,28,33). The Hall–Kier alpha value is -3.22. The van der Waals surface area contributed by atoms with Crippen molar-refractivity contribution in [1.82, 2.24) is 14.5 Å². The Labute approximate surface area is 204 Å². The van der Waals surface area contributed by atoms with E-state index in [1.807, 2.05) is 6.92 Å². The molecule has 0 aliphatic carbocycles. The molecule has 5 unspecified atom stereocenters. The fraction of sp³-hybridized carbons (Fsp3) is 0.458. The number of amides is 2. The molecule has 12 heteroatoms. The molecule has 36 heavy (non-hydrogen) atoms. The zero-order chi connectivity index (χ0) is 25.9. The van der Waals surface area contributed by atoms with Gasteiger partial charge in [-0.15, -0.1) is 0 Å². The average Bonchev–Trinajstić information content (AvgIpc) is 3.07. The molecule has 4 heterocycles. The molecule has 0 radical (unpaired) electrons. The molecule has 1 aromatic carbocycles. The molecule has 2 aromatic rings. The number of hydrogen-bond acceptors (Lipinski definition) is 6. The van der Waals surface area contributed by atoms with Gasteiger partial charge in [0, 0.05) is 55.7 Å². The third-order valence-electron chi connectivity index (χ3n) is 7.54. The van der Waals surface area contributed by atoms with Crippen LogP contribution in [0.4, 0.5) is 13.2 Å². The first-order valence-corrected chi connectivity index (χ1v) is 11.5. The molecule has 9 nitrogen and oxygen atoms in total. The van der Waals surface area contributed by atoms with Crippen LogP contribution < -0.4 is 11.2 Å². The number of ether oxygens (including phenoxy) is 1. The third-order valence-corrected chi connectivity index (χ3v) is 7.54. The molecule has 2 fully saturated rings. The number of primary amides is 1. The number of pyridine rings is 1. The van der Waals surface area contributed by atoms with Crippen LogP contribution in [0, 0.1) is 23.4 Å². The topological polar surface area (TPSA) is 107 Å². The number of nitrogens with zero attached hydrogens (tertiary/aromatic N) is 3. The summed E-state index contributed by atoms with van der Waals surface area (Å²) in [5, 5.41) is 1.15. The SMILES string of the molecule is COC1C(C(N)=O)C2(CCC(C)N3CC2n2ccc(=O)cc2C3=O)ON1Cc1c(F)cc(F)cc1F. The van der Waals surface area contributed by atoms with Gasteiger partial charge < -0.3 is 19.9 Å². The molecule has 2 saturated heterocycles. The Morgan fingerprint density at radius 2 is 1.92 bits per heavy atom. The Bertz CT molecular complexity index is 1280. The van der Waals surface area contributed by atoms with E-state index in [9.17, 15) is 27.6 Å². The van der Waals surface area contributed by atoms with E-state index < -0.39 is 59.3 Å². The van der Waals surface area contributed by atoms with Crippen LogP contribution in [0.1, 0.15) is 41.9 Å². The summed E-state index contributed by atoms with van der Waals surface area (Å²) in [7, 11) is 1.31. The van der Waals surface area contributed by atoms with Gasteiger partial charge in [0.25, 0.3) is 5.91 Å². The van der Waals surface area contributed by atoms with Crippen LogP contribution in [0.5, 0.6) is 0 Å². The van der Waals surface area contributed by atoms with Crippen LogP contribution in [0.25, 0.3) is 0 Å². The number of nitrogens with two attached hydrogens (primary N) is 1. The smallest absolute Gasteiger partial charge is 0.270 e. The highest BCUT2D eigenvalue weighted by Crippen LogP contribution is 2.51. The van der Waals surface area contributed by atoms with Gasteiger partial charge in [0.15, 0.2) is 5.43 Å². The number of carbonyl (C=O) groups is 2. The Morgan fingerprint density at radius 3 is 2.56 bits per heavy atom.